The van der Waals surface area contributed by atoms with Crippen molar-refractivity contribution in [3.63, 3.8) is 0 Å². The third-order valence-electron chi connectivity index (χ3n) is 2.31. The molecular weight excluding hydrogens is 254 g/mol. The van der Waals surface area contributed by atoms with E-state index in [4.69, 9.17) is 16.2 Å². The summed E-state index contributed by atoms with van der Waals surface area (Å²) in [6.45, 7) is 3.75. The molecule has 0 aliphatic carbocycles. The minimum absolute atomic E-state index is 0.0223. The molecule has 0 bridgehead atoms. The first kappa shape index (κ1) is 14.5. The van der Waals surface area contributed by atoms with Gasteiger partial charge in [-0.25, -0.2) is 0 Å². The zero-order chi connectivity index (χ0) is 13.9. The van der Waals surface area contributed by atoms with E-state index in [1.807, 2.05) is 6.92 Å². The van der Waals surface area contributed by atoms with E-state index in [0.29, 0.717) is 16.5 Å². The third kappa shape index (κ3) is 2.99. The minimum Gasteiger partial charge on any atom is -0.397 e. The Balaban J connectivity index is 3.13. The van der Waals surface area contributed by atoms with E-state index in [-0.39, 0.29) is 23.1 Å². The molecule has 1 amide bonds. The molecular formula is C11H17N3O3S. The number of carbonyl (C=O) groups is 2. The van der Waals surface area contributed by atoms with E-state index in [0.717, 1.165) is 11.3 Å². The monoisotopic (exact) mass is 271 g/mol. The van der Waals surface area contributed by atoms with Gasteiger partial charge in [0.2, 0.25) is 0 Å². The highest BCUT2D eigenvalue weighted by atomic mass is 32.1. The highest BCUT2D eigenvalue weighted by Crippen LogP contribution is 2.36. The zero-order valence-corrected chi connectivity index (χ0v) is 11.4. The lowest BCUT2D eigenvalue weighted by Crippen LogP contribution is -2.22. The van der Waals surface area contributed by atoms with Crippen molar-refractivity contribution in [2.45, 2.75) is 19.9 Å². The van der Waals surface area contributed by atoms with Crippen LogP contribution in [0.5, 0.6) is 0 Å². The molecule has 6 nitrogen and oxygen atoms in total. The number of rotatable bonds is 6. The average molecular weight is 271 g/mol. The molecule has 1 unspecified atom stereocenters. The number of nitrogens with one attached hydrogen (secondary N) is 1. The highest BCUT2D eigenvalue weighted by molar-refractivity contribution is 7.19. The van der Waals surface area contributed by atoms with E-state index in [2.05, 4.69) is 5.32 Å². The van der Waals surface area contributed by atoms with Crippen LogP contribution in [0.4, 0.5) is 10.7 Å². The summed E-state index contributed by atoms with van der Waals surface area (Å²) in [6.07, 6.45) is 0. The summed E-state index contributed by atoms with van der Waals surface area (Å²) in [5, 5.41) is 3.58. The minimum atomic E-state index is -0.650. The fraction of sp³-hybridized carbons (Fsp3) is 0.455. The summed E-state index contributed by atoms with van der Waals surface area (Å²) >= 11 is 1.13. The fourth-order valence-corrected chi connectivity index (χ4v) is 2.70. The van der Waals surface area contributed by atoms with Crippen molar-refractivity contribution in [2.75, 3.05) is 24.8 Å². The van der Waals surface area contributed by atoms with Crippen LogP contribution in [0.25, 0.3) is 0 Å². The van der Waals surface area contributed by atoms with Crippen molar-refractivity contribution in [1.82, 2.24) is 0 Å². The standard InChI is InChI=1S/C11H17N3O3S/c1-5(4-17-3)14-11-7(10(13)16)8(12)9(18-11)6(2)15/h5,14H,4,12H2,1-3H3,(H2,13,16). The predicted octanol–water partition coefficient (Wildman–Crippen LogP) is 1.08. The van der Waals surface area contributed by atoms with Crippen LogP contribution in [-0.2, 0) is 4.74 Å². The molecule has 100 valence electrons. The van der Waals surface area contributed by atoms with Crippen molar-refractivity contribution < 1.29 is 14.3 Å². The first-order chi connectivity index (χ1) is 8.38. The highest BCUT2D eigenvalue weighted by Gasteiger charge is 2.23. The Morgan fingerprint density at radius 3 is 2.56 bits per heavy atom. The first-order valence-corrected chi connectivity index (χ1v) is 6.18. The van der Waals surface area contributed by atoms with Gasteiger partial charge < -0.3 is 21.5 Å². The second kappa shape index (κ2) is 5.83. The lowest BCUT2D eigenvalue weighted by molar-refractivity contribution is 0.100. The summed E-state index contributed by atoms with van der Waals surface area (Å²) in [6, 6.07) is -0.0223. The van der Waals surface area contributed by atoms with Gasteiger partial charge in [-0.15, -0.1) is 11.3 Å². The maximum absolute atomic E-state index is 11.4. The number of amides is 1. The molecule has 18 heavy (non-hydrogen) atoms. The Hall–Kier alpha value is -1.60. The molecule has 0 saturated heterocycles. The second-order valence-corrected chi connectivity index (χ2v) is 4.99. The van der Waals surface area contributed by atoms with Crippen LogP contribution in [0.2, 0.25) is 0 Å². The number of ether oxygens (including phenoxy) is 1. The molecule has 0 aromatic carbocycles. The quantitative estimate of drug-likeness (QED) is 0.671. The maximum Gasteiger partial charge on any atom is 0.253 e. The van der Waals surface area contributed by atoms with Gasteiger partial charge in [-0.05, 0) is 6.92 Å². The number of ketones is 1. The van der Waals surface area contributed by atoms with Crippen LogP contribution in [0, 0.1) is 0 Å². The Bertz CT molecular complexity index is 470. The molecule has 0 aliphatic heterocycles. The maximum atomic E-state index is 11.4. The molecule has 0 fully saturated rings. The molecule has 1 aromatic rings. The van der Waals surface area contributed by atoms with Gasteiger partial charge in [0.15, 0.2) is 5.78 Å². The van der Waals surface area contributed by atoms with Gasteiger partial charge in [0.1, 0.15) is 5.00 Å². The molecule has 1 atom stereocenters. The van der Waals surface area contributed by atoms with Crippen molar-refractivity contribution in [3.8, 4) is 0 Å². The Labute approximate surface area is 109 Å². The van der Waals surface area contributed by atoms with Gasteiger partial charge in [-0.3, -0.25) is 9.59 Å². The molecule has 1 heterocycles. The molecule has 0 spiro atoms. The number of methoxy groups -OCH3 is 1. The lowest BCUT2D eigenvalue weighted by Gasteiger charge is -2.13. The number of carbonyl (C=O) groups excluding carboxylic acids is 2. The van der Waals surface area contributed by atoms with Gasteiger partial charge in [0.25, 0.3) is 5.91 Å². The number of nitrogen functional groups attached to an aromatic ring is 1. The molecule has 1 rings (SSSR count). The SMILES string of the molecule is COCC(C)Nc1sc(C(C)=O)c(N)c1C(N)=O. The van der Waals surface area contributed by atoms with Crippen LogP contribution in [0.3, 0.4) is 0 Å². The summed E-state index contributed by atoms with van der Waals surface area (Å²) in [4.78, 5) is 23.1. The molecule has 0 saturated carbocycles. The number of primary amides is 1. The average Bonchev–Trinajstić information content (AvgIpc) is 2.55. The molecule has 7 heteroatoms. The number of hydrogen-bond acceptors (Lipinski definition) is 6. The van der Waals surface area contributed by atoms with Gasteiger partial charge in [-0.2, -0.15) is 0 Å². The van der Waals surface area contributed by atoms with Crippen LogP contribution < -0.4 is 16.8 Å². The zero-order valence-electron chi connectivity index (χ0n) is 10.6. The fourth-order valence-electron chi connectivity index (χ4n) is 1.57. The first-order valence-electron chi connectivity index (χ1n) is 5.37. The van der Waals surface area contributed by atoms with Crippen molar-refractivity contribution in [3.05, 3.63) is 10.4 Å². The topological polar surface area (TPSA) is 107 Å². The van der Waals surface area contributed by atoms with Crippen LogP contribution in [0.1, 0.15) is 33.9 Å². The predicted molar refractivity (Wildman–Crippen MR) is 72.2 cm³/mol. The van der Waals surface area contributed by atoms with Gasteiger partial charge in [0.05, 0.1) is 22.7 Å². The largest absolute Gasteiger partial charge is 0.397 e. The number of anilines is 2. The van der Waals surface area contributed by atoms with Gasteiger partial charge >= 0.3 is 0 Å². The van der Waals surface area contributed by atoms with E-state index in [1.165, 1.54) is 6.92 Å². The summed E-state index contributed by atoms with van der Waals surface area (Å²) in [5.41, 5.74) is 11.4. The second-order valence-electron chi connectivity index (χ2n) is 3.97. The third-order valence-corrected chi connectivity index (χ3v) is 3.54. The Morgan fingerprint density at radius 2 is 2.11 bits per heavy atom. The van der Waals surface area contributed by atoms with E-state index in [9.17, 15) is 9.59 Å². The van der Waals surface area contributed by atoms with Crippen LogP contribution in [-0.4, -0.2) is 31.4 Å². The summed E-state index contributed by atoms with van der Waals surface area (Å²) in [7, 11) is 1.58. The molecule has 0 aliphatic rings. The number of hydrogen-bond donors (Lipinski definition) is 3. The Morgan fingerprint density at radius 1 is 1.50 bits per heavy atom. The lowest BCUT2D eigenvalue weighted by atomic mass is 10.2. The number of Topliss-reactive ketones (excluding diaryl/α,β-unsaturated/α-hetero) is 1. The number of thiophene rings is 1. The van der Waals surface area contributed by atoms with Gasteiger partial charge in [0, 0.05) is 20.1 Å². The molecule has 5 N–H and O–H groups in total. The van der Waals surface area contributed by atoms with Crippen molar-refractivity contribution in [1.29, 1.82) is 0 Å². The number of nitrogens with two attached hydrogens (primary N) is 2. The van der Waals surface area contributed by atoms with Crippen LogP contribution in [0.15, 0.2) is 0 Å². The van der Waals surface area contributed by atoms with Crippen molar-refractivity contribution >= 4 is 33.7 Å². The smallest absolute Gasteiger partial charge is 0.253 e. The van der Waals surface area contributed by atoms with E-state index < -0.39 is 5.91 Å². The van der Waals surface area contributed by atoms with Crippen molar-refractivity contribution in [2.24, 2.45) is 5.73 Å². The van der Waals surface area contributed by atoms with E-state index in [1.54, 1.807) is 7.11 Å². The van der Waals surface area contributed by atoms with Gasteiger partial charge in [-0.1, -0.05) is 0 Å². The van der Waals surface area contributed by atoms with Crippen LogP contribution >= 0.6 is 11.3 Å². The molecule has 1 aromatic heterocycles. The Kier molecular flexibility index (Phi) is 4.69. The summed E-state index contributed by atoms with van der Waals surface area (Å²) in [5.74, 6) is -0.837. The van der Waals surface area contributed by atoms with E-state index >= 15 is 0 Å². The normalized spacial score (nSPS) is 12.2. The molecule has 0 radical (unpaired) electrons. The summed E-state index contributed by atoms with van der Waals surface area (Å²) < 4.78 is 4.99.